The van der Waals surface area contributed by atoms with E-state index >= 15 is 0 Å². The van der Waals surface area contributed by atoms with Crippen LogP contribution in [0, 0.1) is 6.92 Å². The van der Waals surface area contributed by atoms with E-state index in [-0.39, 0.29) is 5.56 Å². The second-order valence-corrected chi connectivity index (χ2v) is 6.62. The Hall–Kier alpha value is -3.38. The van der Waals surface area contributed by atoms with Crippen LogP contribution in [0.25, 0.3) is 17.3 Å². The highest BCUT2D eigenvalue weighted by molar-refractivity contribution is 6.30. The molecule has 2 heterocycles. The van der Waals surface area contributed by atoms with Gasteiger partial charge >= 0.3 is 5.69 Å². The number of nitrogens with one attached hydrogen (secondary N) is 1. The molecule has 7 heteroatoms. The normalized spacial score (nSPS) is 13.9. The third-order valence-electron chi connectivity index (χ3n) is 4.31. The second kappa shape index (κ2) is 6.41. The summed E-state index contributed by atoms with van der Waals surface area (Å²) in [6, 6.07) is 12.1. The highest BCUT2D eigenvalue weighted by Gasteiger charge is 2.17. The third kappa shape index (κ3) is 3.00. The Labute approximate surface area is 158 Å². The van der Waals surface area contributed by atoms with Gasteiger partial charge in [-0.1, -0.05) is 23.2 Å². The summed E-state index contributed by atoms with van der Waals surface area (Å²) in [4.78, 5) is 31.1. The van der Waals surface area contributed by atoms with Crippen LogP contribution in [0.15, 0.2) is 57.0 Å². The fourth-order valence-corrected chi connectivity index (χ4v) is 3.10. The highest BCUT2D eigenvalue weighted by atomic mass is 35.5. The molecule has 27 heavy (non-hydrogen) atoms. The van der Waals surface area contributed by atoms with Crippen molar-refractivity contribution in [3.8, 4) is 11.6 Å². The molecule has 6 nitrogen and oxygen atoms in total. The lowest BCUT2D eigenvalue weighted by Crippen LogP contribution is -2.30. The minimum absolute atomic E-state index is 0.0274. The average molecular weight is 380 g/mol. The van der Waals surface area contributed by atoms with Gasteiger partial charge < -0.3 is 5.11 Å². The van der Waals surface area contributed by atoms with E-state index in [9.17, 15) is 14.7 Å². The van der Waals surface area contributed by atoms with Crippen molar-refractivity contribution in [2.24, 2.45) is 4.99 Å². The lowest BCUT2D eigenvalue weighted by Gasteiger charge is -2.10. The summed E-state index contributed by atoms with van der Waals surface area (Å²) in [5.41, 5.74) is 2.31. The molecule has 2 N–H and O–H groups in total. The van der Waals surface area contributed by atoms with E-state index in [1.165, 1.54) is 6.08 Å². The van der Waals surface area contributed by atoms with Gasteiger partial charge in [0.1, 0.15) is 5.56 Å². The molecule has 0 amide bonds. The summed E-state index contributed by atoms with van der Waals surface area (Å²) in [6.45, 7) is 1.96. The molecule has 0 spiro atoms. The van der Waals surface area contributed by atoms with Crippen LogP contribution in [0.5, 0.6) is 5.88 Å². The average Bonchev–Trinajstić information content (AvgIpc) is 3.02. The van der Waals surface area contributed by atoms with Crippen molar-refractivity contribution in [1.29, 1.82) is 0 Å². The van der Waals surface area contributed by atoms with E-state index in [0.717, 1.165) is 21.4 Å². The minimum atomic E-state index is -0.738. The molecule has 1 aliphatic rings. The number of aryl methyl sites for hydroxylation is 1. The van der Waals surface area contributed by atoms with Gasteiger partial charge in [0.15, 0.2) is 0 Å². The highest BCUT2D eigenvalue weighted by Crippen LogP contribution is 2.33. The van der Waals surface area contributed by atoms with Crippen LogP contribution in [0.4, 0.5) is 5.69 Å². The Morgan fingerprint density at radius 3 is 2.63 bits per heavy atom. The largest absolute Gasteiger partial charge is 0.494 e. The lowest BCUT2D eigenvalue weighted by atomic mass is 10.0. The maximum absolute atomic E-state index is 12.3. The number of aromatic nitrogens is 2. The molecule has 4 rings (SSSR count). The fraction of sp³-hybridized carbons (Fsp3) is 0.0500. The molecule has 0 atom stereocenters. The van der Waals surface area contributed by atoms with Gasteiger partial charge in [-0.3, -0.25) is 14.8 Å². The number of fused-ring (bicyclic) bond motifs is 1. The molecular formula is C20H14ClN3O3. The van der Waals surface area contributed by atoms with Crippen LogP contribution in [0.2, 0.25) is 5.02 Å². The van der Waals surface area contributed by atoms with E-state index in [2.05, 4.69) is 9.98 Å². The maximum atomic E-state index is 12.3. The van der Waals surface area contributed by atoms with Crippen LogP contribution < -0.4 is 11.2 Å². The number of nitrogens with zero attached hydrogens (tertiary/aromatic N) is 2. The van der Waals surface area contributed by atoms with Gasteiger partial charge in [0.2, 0.25) is 5.88 Å². The number of halogens is 1. The zero-order valence-corrected chi connectivity index (χ0v) is 15.0. The van der Waals surface area contributed by atoms with Crippen LogP contribution in [0.3, 0.4) is 0 Å². The first kappa shape index (κ1) is 17.1. The Morgan fingerprint density at radius 2 is 1.89 bits per heavy atom. The van der Waals surface area contributed by atoms with Crippen molar-refractivity contribution in [3.05, 3.63) is 85.0 Å². The summed E-state index contributed by atoms with van der Waals surface area (Å²) in [6.07, 6.45) is 3.15. The number of H-pyrrole nitrogens is 1. The molecule has 0 aliphatic carbocycles. The smallest absolute Gasteiger partial charge is 0.335 e. The third-order valence-corrected chi connectivity index (χ3v) is 4.56. The summed E-state index contributed by atoms with van der Waals surface area (Å²) in [5, 5.41) is 11.1. The molecular weight excluding hydrogens is 366 g/mol. The number of aromatic hydroxyl groups is 1. The summed E-state index contributed by atoms with van der Waals surface area (Å²) >= 11 is 5.88. The van der Waals surface area contributed by atoms with Gasteiger partial charge in [-0.2, -0.15) is 0 Å². The molecule has 0 saturated carbocycles. The minimum Gasteiger partial charge on any atom is -0.494 e. The number of hydrogen-bond donors (Lipinski definition) is 2. The Kier molecular flexibility index (Phi) is 4.05. The summed E-state index contributed by atoms with van der Waals surface area (Å²) < 4.78 is 1.02. The van der Waals surface area contributed by atoms with Crippen molar-refractivity contribution >= 4 is 35.2 Å². The van der Waals surface area contributed by atoms with Crippen molar-refractivity contribution in [2.45, 2.75) is 6.92 Å². The van der Waals surface area contributed by atoms with Gasteiger partial charge in [0, 0.05) is 22.4 Å². The van der Waals surface area contributed by atoms with Crippen molar-refractivity contribution in [3.63, 3.8) is 0 Å². The number of allylic oxidation sites excluding steroid dienone is 1. The molecule has 0 bridgehead atoms. The standard InChI is InChI=1S/C20H14ClN3O3/c1-11-2-7-17-15(8-11)12(10-22-17)9-16-18(25)23-20(27)24(19(16)26)14-5-3-13(21)4-6-14/h2-10,26H,1H3,(H,23,25,27)/b12-9-. The first-order valence-corrected chi connectivity index (χ1v) is 8.53. The second-order valence-electron chi connectivity index (χ2n) is 6.19. The number of rotatable bonds is 2. The molecule has 1 aliphatic heterocycles. The van der Waals surface area contributed by atoms with Gasteiger partial charge in [-0.05, 0) is 49.4 Å². The summed E-state index contributed by atoms with van der Waals surface area (Å²) in [7, 11) is 0. The van der Waals surface area contributed by atoms with Crippen LogP contribution in [0.1, 0.15) is 16.7 Å². The van der Waals surface area contributed by atoms with E-state index < -0.39 is 17.1 Å². The van der Waals surface area contributed by atoms with Gasteiger partial charge in [-0.25, -0.2) is 9.36 Å². The Morgan fingerprint density at radius 1 is 1.15 bits per heavy atom. The van der Waals surface area contributed by atoms with Crippen LogP contribution in [-0.2, 0) is 0 Å². The van der Waals surface area contributed by atoms with E-state index in [1.54, 1.807) is 30.5 Å². The van der Waals surface area contributed by atoms with Crippen molar-refractivity contribution in [1.82, 2.24) is 9.55 Å². The first-order valence-electron chi connectivity index (χ1n) is 8.15. The van der Waals surface area contributed by atoms with Gasteiger partial charge in [0.25, 0.3) is 5.56 Å². The van der Waals surface area contributed by atoms with Gasteiger partial charge in [0.05, 0.1) is 11.4 Å². The number of benzene rings is 2. The van der Waals surface area contributed by atoms with Crippen LogP contribution in [-0.4, -0.2) is 20.9 Å². The summed E-state index contributed by atoms with van der Waals surface area (Å²) in [5.74, 6) is -0.451. The quantitative estimate of drug-likeness (QED) is 0.714. The SMILES string of the molecule is Cc1ccc2c(c1)/C(=C\c1c(O)n(-c3ccc(Cl)cc3)c(=O)[nH]c1=O)C=N2. The number of aliphatic imine (C=N–C) groups is 1. The van der Waals surface area contributed by atoms with Crippen molar-refractivity contribution in [2.75, 3.05) is 0 Å². The number of hydrogen-bond acceptors (Lipinski definition) is 4. The molecule has 3 aromatic rings. The predicted octanol–water partition coefficient (Wildman–Crippen LogP) is 3.45. The molecule has 1 aromatic heterocycles. The van der Waals surface area contributed by atoms with Gasteiger partial charge in [-0.15, -0.1) is 0 Å². The topological polar surface area (TPSA) is 87.5 Å². The molecule has 0 fully saturated rings. The molecule has 0 unspecified atom stereocenters. The molecule has 0 radical (unpaired) electrons. The zero-order chi connectivity index (χ0) is 19.1. The lowest BCUT2D eigenvalue weighted by molar-refractivity contribution is 0.429. The predicted molar refractivity (Wildman–Crippen MR) is 107 cm³/mol. The first-order chi connectivity index (χ1) is 12.9. The molecule has 134 valence electrons. The molecule has 0 saturated heterocycles. The van der Waals surface area contributed by atoms with Crippen LogP contribution >= 0.6 is 11.6 Å². The Bertz CT molecular complexity index is 1230. The fourth-order valence-electron chi connectivity index (χ4n) is 2.97. The van der Waals surface area contributed by atoms with E-state index in [1.807, 2.05) is 25.1 Å². The van der Waals surface area contributed by atoms with Crippen molar-refractivity contribution < 1.29 is 5.11 Å². The zero-order valence-electron chi connectivity index (χ0n) is 14.2. The molecule has 2 aromatic carbocycles. The monoisotopic (exact) mass is 379 g/mol. The van der Waals surface area contributed by atoms with E-state index in [0.29, 0.717) is 16.3 Å². The van der Waals surface area contributed by atoms with E-state index in [4.69, 9.17) is 11.6 Å². The number of aromatic amines is 1. The Balaban J connectivity index is 1.91. The maximum Gasteiger partial charge on any atom is 0.335 e.